The van der Waals surface area contributed by atoms with Gasteiger partial charge >= 0.3 is 0 Å². The molecule has 0 aliphatic rings. The van der Waals surface area contributed by atoms with Crippen LogP contribution in [0.5, 0.6) is 5.88 Å². The van der Waals surface area contributed by atoms with Crippen molar-refractivity contribution in [1.82, 2.24) is 30.0 Å². The summed E-state index contributed by atoms with van der Waals surface area (Å²) >= 11 is 0. The molecule has 9 heteroatoms. The third-order valence-corrected chi connectivity index (χ3v) is 5.18. The lowest BCUT2D eigenvalue weighted by atomic mass is 10.1. The molecule has 0 saturated heterocycles. The van der Waals surface area contributed by atoms with E-state index in [-0.39, 0.29) is 0 Å². The minimum Gasteiger partial charge on any atom is -0.470 e. The molecule has 9 nitrogen and oxygen atoms in total. The van der Waals surface area contributed by atoms with Crippen molar-refractivity contribution in [2.45, 2.75) is 33.0 Å². The molecule has 4 aromatic heterocycles. The SMILES string of the molecule is COCc1cc(-c2nnc3c4ccccc4c(OCc4ccc(C(C)C)cn4)nn23)no1. The lowest BCUT2D eigenvalue weighted by Crippen LogP contribution is -2.04. The van der Waals surface area contributed by atoms with E-state index < -0.39 is 0 Å². The molecule has 0 unspecified atom stereocenters. The van der Waals surface area contributed by atoms with Crippen molar-refractivity contribution < 1.29 is 14.0 Å². The van der Waals surface area contributed by atoms with Crippen LogP contribution in [0.2, 0.25) is 0 Å². The van der Waals surface area contributed by atoms with Crippen LogP contribution in [0.1, 0.15) is 36.8 Å². The minimum absolute atomic E-state index is 0.292. The van der Waals surface area contributed by atoms with E-state index in [1.165, 1.54) is 5.56 Å². The van der Waals surface area contributed by atoms with Gasteiger partial charge in [-0.05, 0) is 23.6 Å². The van der Waals surface area contributed by atoms with E-state index in [1.807, 2.05) is 36.5 Å². The molecule has 162 valence electrons. The van der Waals surface area contributed by atoms with E-state index in [1.54, 1.807) is 17.7 Å². The smallest absolute Gasteiger partial charge is 0.240 e. The first kappa shape index (κ1) is 20.1. The normalized spacial score (nSPS) is 11.6. The Bertz CT molecular complexity index is 1370. The predicted molar refractivity (Wildman–Crippen MR) is 117 cm³/mol. The van der Waals surface area contributed by atoms with Gasteiger partial charge in [0.1, 0.15) is 13.2 Å². The monoisotopic (exact) mass is 430 g/mol. The highest BCUT2D eigenvalue weighted by Gasteiger charge is 2.19. The zero-order valence-electron chi connectivity index (χ0n) is 18.0. The number of rotatable bonds is 7. The van der Waals surface area contributed by atoms with E-state index in [9.17, 15) is 0 Å². The number of ether oxygens (including phenoxy) is 2. The molecule has 5 rings (SSSR count). The van der Waals surface area contributed by atoms with Gasteiger partial charge in [-0.3, -0.25) is 4.98 Å². The summed E-state index contributed by atoms with van der Waals surface area (Å²) < 4.78 is 18.1. The second-order valence-corrected chi connectivity index (χ2v) is 7.75. The Morgan fingerprint density at radius 2 is 1.88 bits per heavy atom. The van der Waals surface area contributed by atoms with Gasteiger partial charge in [0.25, 0.3) is 0 Å². The van der Waals surface area contributed by atoms with Gasteiger partial charge in [-0.2, -0.15) is 4.52 Å². The van der Waals surface area contributed by atoms with Crippen molar-refractivity contribution >= 4 is 16.4 Å². The maximum Gasteiger partial charge on any atom is 0.240 e. The van der Waals surface area contributed by atoms with Crippen LogP contribution in [0.25, 0.3) is 27.9 Å². The van der Waals surface area contributed by atoms with Crippen molar-refractivity contribution in [2.24, 2.45) is 0 Å². The van der Waals surface area contributed by atoms with E-state index in [2.05, 4.69) is 45.4 Å². The van der Waals surface area contributed by atoms with Crippen LogP contribution in [0.15, 0.2) is 53.2 Å². The highest BCUT2D eigenvalue weighted by Crippen LogP contribution is 2.29. The average molecular weight is 430 g/mol. The number of benzene rings is 1. The van der Waals surface area contributed by atoms with E-state index in [0.717, 1.165) is 16.5 Å². The van der Waals surface area contributed by atoms with Crippen molar-refractivity contribution in [3.05, 3.63) is 65.7 Å². The lowest BCUT2D eigenvalue weighted by Gasteiger charge is -2.10. The molecular weight excluding hydrogens is 408 g/mol. The van der Waals surface area contributed by atoms with Crippen molar-refractivity contribution in [3.63, 3.8) is 0 Å². The quantitative estimate of drug-likeness (QED) is 0.379. The van der Waals surface area contributed by atoms with Gasteiger partial charge in [0.05, 0.1) is 5.69 Å². The third-order valence-electron chi connectivity index (χ3n) is 5.18. The Morgan fingerprint density at radius 1 is 1.03 bits per heavy atom. The summed E-state index contributed by atoms with van der Waals surface area (Å²) in [5.74, 6) is 1.94. The number of aromatic nitrogens is 6. The van der Waals surface area contributed by atoms with E-state index in [4.69, 9.17) is 14.0 Å². The largest absolute Gasteiger partial charge is 0.470 e. The highest BCUT2D eigenvalue weighted by molar-refractivity contribution is 5.96. The summed E-state index contributed by atoms with van der Waals surface area (Å²) in [6.45, 7) is 4.89. The Labute approximate surface area is 184 Å². The van der Waals surface area contributed by atoms with Crippen LogP contribution in [-0.2, 0) is 18.0 Å². The molecule has 0 bridgehead atoms. The molecule has 0 radical (unpaired) electrons. The topological polar surface area (TPSA) is 100 Å². The van der Waals surface area contributed by atoms with Crippen LogP contribution < -0.4 is 4.74 Å². The number of fused-ring (bicyclic) bond motifs is 3. The predicted octanol–water partition coefficient (Wildman–Crippen LogP) is 4.18. The van der Waals surface area contributed by atoms with Gasteiger partial charge in [0, 0.05) is 30.1 Å². The number of hydrogen-bond acceptors (Lipinski definition) is 8. The second-order valence-electron chi connectivity index (χ2n) is 7.75. The summed E-state index contributed by atoms with van der Waals surface area (Å²) in [6.07, 6.45) is 1.89. The molecule has 0 atom stereocenters. The molecule has 0 amide bonds. The van der Waals surface area contributed by atoms with Crippen LogP contribution in [0.3, 0.4) is 0 Å². The summed E-state index contributed by atoms with van der Waals surface area (Å²) in [7, 11) is 1.59. The minimum atomic E-state index is 0.292. The molecule has 0 aliphatic carbocycles. The van der Waals surface area contributed by atoms with Gasteiger partial charge in [-0.25, -0.2) is 0 Å². The van der Waals surface area contributed by atoms with Crippen molar-refractivity contribution in [2.75, 3.05) is 7.11 Å². The molecule has 0 saturated carbocycles. The zero-order valence-corrected chi connectivity index (χ0v) is 18.0. The number of pyridine rings is 1. The fourth-order valence-corrected chi connectivity index (χ4v) is 3.45. The molecule has 0 N–H and O–H groups in total. The van der Waals surface area contributed by atoms with Crippen LogP contribution in [0.4, 0.5) is 0 Å². The maximum atomic E-state index is 6.10. The Balaban J connectivity index is 1.53. The molecule has 0 fully saturated rings. The standard InChI is InChI=1S/C23H22N6O3/c1-14(2)15-8-9-16(24-11-15)12-31-23-19-7-5-4-6-18(19)21-25-26-22(29(21)27-23)20-10-17(13-30-3)32-28-20/h4-11,14H,12-13H2,1-3H3. The first-order valence-electron chi connectivity index (χ1n) is 10.3. The van der Waals surface area contributed by atoms with Crippen LogP contribution in [0, 0.1) is 0 Å². The van der Waals surface area contributed by atoms with Gasteiger partial charge in [-0.1, -0.05) is 43.3 Å². The fourth-order valence-electron chi connectivity index (χ4n) is 3.45. The Hall–Kier alpha value is -3.85. The molecule has 5 aromatic rings. The Morgan fingerprint density at radius 3 is 2.62 bits per heavy atom. The fraction of sp³-hybridized carbons (Fsp3) is 0.261. The number of nitrogens with zero attached hydrogens (tertiary/aromatic N) is 6. The summed E-state index contributed by atoms with van der Waals surface area (Å²) in [5.41, 5.74) is 3.14. The molecule has 32 heavy (non-hydrogen) atoms. The Kier molecular flexibility index (Phi) is 5.24. The van der Waals surface area contributed by atoms with Gasteiger partial charge < -0.3 is 14.0 Å². The molecular formula is C23H22N6O3. The highest BCUT2D eigenvalue weighted by atomic mass is 16.5. The summed E-state index contributed by atoms with van der Waals surface area (Å²) in [5, 5.41) is 19.1. The van der Waals surface area contributed by atoms with E-state index >= 15 is 0 Å². The third kappa shape index (κ3) is 3.67. The first-order valence-corrected chi connectivity index (χ1v) is 10.3. The van der Waals surface area contributed by atoms with E-state index in [0.29, 0.717) is 47.9 Å². The summed E-state index contributed by atoms with van der Waals surface area (Å²) in [6, 6.07) is 13.6. The van der Waals surface area contributed by atoms with Crippen LogP contribution in [-0.4, -0.2) is 37.1 Å². The van der Waals surface area contributed by atoms with Crippen LogP contribution >= 0.6 is 0 Å². The molecule has 4 heterocycles. The van der Waals surface area contributed by atoms with Crippen molar-refractivity contribution in [1.29, 1.82) is 0 Å². The summed E-state index contributed by atoms with van der Waals surface area (Å²) in [4.78, 5) is 4.51. The molecule has 0 spiro atoms. The van der Waals surface area contributed by atoms with Crippen molar-refractivity contribution in [3.8, 4) is 17.4 Å². The first-order chi connectivity index (χ1) is 15.6. The lowest BCUT2D eigenvalue weighted by molar-refractivity contribution is 0.156. The van der Waals surface area contributed by atoms with Gasteiger partial charge in [-0.15, -0.1) is 15.3 Å². The number of methoxy groups -OCH3 is 1. The number of hydrogen-bond donors (Lipinski definition) is 0. The van der Waals surface area contributed by atoms with Gasteiger partial charge in [0.15, 0.2) is 17.1 Å². The second kappa shape index (κ2) is 8.35. The zero-order chi connectivity index (χ0) is 22.1. The maximum absolute atomic E-state index is 6.10. The average Bonchev–Trinajstić information content (AvgIpc) is 3.45. The van der Waals surface area contributed by atoms with Gasteiger partial charge in [0.2, 0.25) is 11.7 Å². The molecule has 0 aliphatic heterocycles. The molecule has 1 aromatic carbocycles.